The molecular weight excluding hydrogens is 392 g/mol. The molecule has 0 bridgehead atoms. The minimum Gasteiger partial charge on any atom is -0.465 e. The molecule has 3 atom stereocenters. The largest absolute Gasteiger partial charge is 0.465 e. The van der Waals surface area contributed by atoms with Gasteiger partial charge < -0.3 is 14.2 Å². The van der Waals surface area contributed by atoms with Crippen LogP contribution in [-0.2, 0) is 23.8 Å². The lowest BCUT2D eigenvalue weighted by Crippen LogP contribution is -2.40. The molecule has 182 valence electrons. The number of carbonyl (C=O) groups is 2. The number of carbonyl (C=O) groups excluding carboxylic acids is 2. The van der Waals surface area contributed by atoms with Gasteiger partial charge in [0.05, 0.1) is 31.2 Å². The van der Waals surface area contributed by atoms with Crippen molar-refractivity contribution in [2.24, 2.45) is 11.8 Å². The fraction of sp³-hybridized carbons (Fsp3) is 0.923. The van der Waals surface area contributed by atoms with Crippen molar-refractivity contribution >= 4 is 11.9 Å². The van der Waals surface area contributed by atoms with Crippen molar-refractivity contribution in [2.45, 2.75) is 123 Å². The highest BCUT2D eigenvalue weighted by Gasteiger charge is 2.41. The molecule has 5 heteroatoms. The van der Waals surface area contributed by atoms with Crippen molar-refractivity contribution in [1.29, 1.82) is 0 Å². The fourth-order valence-electron chi connectivity index (χ4n) is 4.39. The van der Waals surface area contributed by atoms with Gasteiger partial charge in [-0.1, -0.05) is 78.1 Å². The van der Waals surface area contributed by atoms with E-state index in [1.54, 1.807) is 0 Å². The van der Waals surface area contributed by atoms with Crippen LogP contribution in [0.2, 0.25) is 0 Å². The quantitative estimate of drug-likeness (QED) is 0.177. The molecule has 3 unspecified atom stereocenters. The number of hydrogen-bond donors (Lipinski definition) is 0. The van der Waals surface area contributed by atoms with Crippen molar-refractivity contribution < 1.29 is 23.8 Å². The van der Waals surface area contributed by atoms with Gasteiger partial charge in [0.15, 0.2) is 0 Å². The lowest BCUT2D eigenvalue weighted by Gasteiger charge is -2.33. The van der Waals surface area contributed by atoms with Crippen LogP contribution in [0.3, 0.4) is 0 Å². The van der Waals surface area contributed by atoms with Gasteiger partial charge in [-0.15, -0.1) is 0 Å². The van der Waals surface area contributed by atoms with E-state index in [2.05, 4.69) is 13.8 Å². The minimum atomic E-state index is -0.442. The maximum absolute atomic E-state index is 12.8. The van der Waals surface area contributed by atoms with Gasteiger partial charge in [0.1, 0.15) is 0 Å². The van der Waals surface area contributed by atoms with Crippen molar-refractivity contribution in [1.82, 2.24) is 0 Å². The lowest BCUT2D eigenvalue weighted by molar-refractivity contribution is -0.166. The van der Waals surface area contributed by atoms with Crippen LogP contribution in [0.5, 0.6) is 0 Å². The Balaban J connectivity index is 2.42. The topological polar surface area (TPSA) is 61.8 Å². The predicted molar refractivity (Wildman–Crippen MR) is 125 cm³/mol. The van der Waals surface area contributed by atoms with Gasteiger partial charge in [0.25, 0.3) is 0 Å². The third-order valence-corrected chi connectivity index (χ3v) is 6.29. The smallest absolute Gasteiger partial charge is 0.309 e. The van der Waals surface area contributed by atoms with E-state index >= 15 is 0 Å². The first-order chi connectivity index (χ1) is 15.1. The zero-order valence-corrected chi connectivity index (χ0v) is 20.5. The monoisotopic (exact) mass is 440 g/mol. The highest BCUT2D eigenvalue weighted by atomic mass is 16.5. The molecule has 1 aliphatic rings. The van der Waals surface area contributed by atoms with Gasteiger partial charge in [-0.2, -0.15) is 0 Å². The van der Waals surface area contributed by atoms with E-state index in [0.717, 1.165) is 32.1 Å². The molecule has 0 saturated heterocycles. The average molecular weight is 441 g/mol. The summed E-state index contributed by atoms with van der Waals surface area (Å²) in [6.45, 7) is 7.90. The van der Waals surface area contributed by atoms with Crippen molar-refractivity contribution in [2.75, 3.05) is 19.8 Å². The van der Waals surface area contributed by atoms with Gasteiger partial charge in [-0.3, -0.25) is 9.59 Å². The van der Waals surface area contributed by atoms with Crippen molar-refractivity contribution in [3.05, 3.63) is 0 Å². The average Bonchev–Trinajstić information content (AvgIpc) is 2.77. The van der Waals surface area contributed by atoms with Crippen molar-refractivity contribution in [3.8, 4) is 0 Å². The first kappa shape index (κ1) is 27.9. The Labute approximate surface area is 191 Å². The summed E-state index contributed by atoms with van der Waals surface area (Å²) in [6.07, 6.45) is 15.9. The maximum atomic E-state index is 12.8. The van der Waals surface area contributed by atoms with Crippen LogP contribution < -0.4 is 0 Å². The number of esters is 2. The lowest BCUT2D eigenvalue weighted by atomic mass is 9.77. The number of hydrogen-bond acceptors (Lipinski definition) is 5. The first-order valence-corrected chi connectivity index (χ1v) is 13.1. The minimum absolute atomic E-state index is 0.0270. The first-order valence-electron chi connectivity index (χ1n) is 13.1. The molecule has 1 aliphatic carbocycles. The van der Waals surface area contributed by atoms with E-state index in [-0.39, 0.29) is 18.0 Å². The van der Waals surface area contributed by atoms with E-state index < -0.39 is 11.8 Å². The van der Waals surface area contributed by atoms with E-state index in [1.807, 2.05) is 6.92 Å². The van der Waals surface area contributed by atoms with Gasteiger partial charge in [-0.05, 0) is 39.0 Å². The van der Waals surface area contributed by atoms with Crippen LogP contribution in [0.1, 0.15) is 117 Å². The summed E-state index contributed by atoms with van der Waals surface area (Å²) >= 11 is 0. The fourth-order valence-corrected chi connectivity index (χ4v) is 4.39. The van der Waals surface area contributed by atoms with Crippen LogP contribution in [0.15, 0.2) is 0 Å². The summed E-state index contributed by atoms with van der Waals surface area (Å²) in [6, 6.07) is 0. The molecule has 1 saturated carbocycles. The van der Waals surface area contributed by atoms with Crippen LogP contribution in [-0.4, -0.2) is 37.9 Å². The number of ether oxygens (including phenoxy) is 3. The molecule has 31 heavy (non-hydrogen) atoms. The number of unbranched alkanes of at least 4 members (excludes halogenated alkanes) is 10. The standard InChI is InChI=1S/C26H48O5/c1-4-7-9-11-13-15-19-30-25(27)23-18-17-22(29-6-3)21-24(23)26(28)31-20-16-14-12-10-8-5-2/h22-24H,4-21H2,1-3H3. The molecule has 0 amide bonds. The van der Waals surface area contributed by atoms with Gasteiger partial charge in [0.2, 0.25) is 0 Å². The Morgan fingerprint density at radius 1 is 0.645 bits per heavy atom. The molecular formula is C26H48O5. The summed E-state index contributed by atoms with van der Waals surface area (Å²) in [4.78, 5) is 25.5. The molecule has 0 N–H and O–H groups in total. The molecule has 0 aliphatic heterocycles. The molecule has 0 heterocycles. The second kappa shape index (κ2) is 18.5. The summed E-state index contributed by atoms with van der Waals surface area (Å²) in [7, 11) is 0. The molecule has 5 nitrogen and oxygen atoms in total. The molecule has 0 radical (unpaired) electrons. The van der Waals surface area contributed by atoms with Gasteiger partial charge in [0, 0.05) is 6.61 Å². The SMILES string of the molecule is CCCCCCCCOC(=O)C1CCC(OCC)CC1C(=O)OCCCCCCCC. The third-order valence-electron chi connectivity index (χ3n) is 6.29. The second-order valence-electron chi connectivity index (χ2n) is 8.97. The van der Waals surface area contributed by atoms with Crippen LogP contribution >= 0.6 is 0 Å². The van der Waals surface area contributed by atoms with E-state index in [9.17, 15) is 9.59 Å². The summed E-state index contributed by atoms with van der Waals surface area (Å²) < 4.78 is 16.9. The Morgan fingerprint density at radius 3 is 1.65 bits per heavy atom. The van der Waals surface area contributed by atoms with Crippen molar-refractivity contribution in [3.63, 3.8) is 0 Å². The van der Waals surface area contributed by atoms with Crippen LogP contribution in [0, 0.1) is 11.8 Å². The molecule has 1 rings (SSSR count). The van der Waals surface area contributed by atoms with E-state index in [1.165, 1.54) is 51.4 Å². The Hall–Kier alpha value is -1.10. The highest BCUT2D eigenvalue weighted by molar-refractivity contribution is 5.82. The Morgan fingerprint density at radius 2 is 1.13 bits per heavy atom. The molecule has 0 spiro atoms. The number of rotatable bonds is 18. The van der Waals surface area contributed by atoms with Gasteiger partial charge in [-0.25, -0.2) is 0 Å². The summed E-state index contributed by atoms with van der Waals surface area (Å²) in [5.41, 5.74) is 0. The molecule has 1 fully saturated rings. The molecule has 0 aromatic rings. The Kier molecular flexibility index (Phi) is 16.6. The normalized spacial score (nSPS) is 21.1. The van der Waals surface area contributed by atoms with E-state index in [0.29, 0.717) is 32.7 Å². The second-order valence-corrected chi connectivity index (χ2v) is 8.97. The zero-order chi connectivity index (χ0) is 22.7. The summed E-state index contributed by atoms with van der Waals surface area (Å²) in [5, 5.41) is 0. The van der Waals surface area contributed by atoms with Gasteiger partial charge >= 0.3 is 11.9 Å². The molecule has 0 aromatic heterocycles. The zero-order valence-electron chi connectivity index (χ0n) is 20.5. The Bertz CT molecular complexity index is 465. The summed E-state index contributed by atoms with van der Waals surface area (Å²) in [5.74, 6) is -1.32. The molecule has 0 aromatic carbocycles. The van der Waals surface area contributed by atoms with Crippen LogP contribution in [0.4, 0.5) is 0 Å². The van der Waals surface area contributed by atoms with E-state index in [4.69, 9.17) is 14.2 Å². The van der Waals surface area contributed by atoms with Crippen LogP contribution in [0.25, 0.3) is 0 Å². The maximum Gasteiger partial charge on any atom is 0.309 e. The highest BCUT2D eigenvalue weighted by Crippen LogP contribution is 2.34. The predicted octanol–water partition coefficient (Wildman–Crippen LogP) is 6.62. The third kappa shape index (κ3) is 12.5.